The number of hydrogen-bond donors (Lipinski definition) is 2. The third-order valence-corrected chi connectivity index (χ3v) is 4.37. The molecular weight excluding hydrogens is 333 g/mol. The highest BCUT2D eigenvalue weighted by Gasteiger charge is 2.25. The molecule has 0 spiro atoms. The maximum Gasteiger partial charge on any atom is 0.254 e. The van der Waals surface area contributed by atoms with Crippen LogP contribution in [-0.4, -0.2) is 26.7 Å². The Morgan fingerprint density at radius 2 is 2.08 bits per heavy atom. The highest BCUT2D eigenvalue weighted by molar-refractivity contribution is 5.96. The number of nitrogens with zero attached hydrogens (tertiary/aromatic N) is 3. The zero-order valence-electron chi connectivity index (χ0n) is 14.2. The average molecular weight is 351 g/mol. The molecule has 7 heteroatoms. The fraction of sp³-hybridized carbons (Fsp3) is 0.211. The van der Waals surface area contributed by atoms with Gasteiger partial charge in [0.15, 0.2) is 0 Å². The fourth-order valence-corrected chi connectivity index (χ4v) is 2.82. The molecule has 26 heavy (non-hydrogen) atoms. The Labute approximate surface area is 149 Å². The topological polar surface area (TPSA) is 85.8 Å². The molecule has 3 N–H and O–H groups in total. The summed E-state index contributed by atoms with van der Waals surface area (Å²) in [6, 6.07) is 4.90. The summed E-state index contributed by atoms with van der Waals surface area (Å²) in [6.07, 6.45) is 8.59. The van der Waals surface area contributed by atoms with Crippen LogP contribution in [0.1, 0.15) is 28.8 Å². The molecule has 0 radical (unpaired) electrons. The summed E-state index contributed by atoms with van der Waals surface area (Å²) < 4.78 is 15.9. The normalized spacial score (nSPS) is 13.6. The van der Waals surface area contributed by atoms with Crippen LogP contribution in [0.25, 0.3) is 16.8 Å². The van der Waals surface area contributed by atoms with Crippen LogP contribution in [0.3, 0.4) is 0 Å². The van der Waals surface area contributed by atoms with Crippen molar-refractivity contribution in [3.63, 3.8) is 0 Å². The number of nitrogens with two attached hydrogens (primary N) is 1. The van der Waals surface area contributed by atoms with Crippen LogP contribution < -0.4 is 11.1 Å². The Morgan fingerprint density at radius 1 is 1.27 bits per heavy atom. The van der Waals surface area contributed by atoms with Gasteiger partial charge < -0.3 is 11.1 Å². The maximum atomic E-state index is 14.3. The molecule has 1 aliphatic carbocycles. The van der Waals surface area contributed by atoms with E-state index >= 15 is 0 Å². The van der Waals surface area contributed by atoms with Crippen LogP contribution in [0.5, 0.6) is 0 Å². The van der Waals surface area contributed by atoms with Crippen molar-refractivity contribution in [1.29, 1.82) is 0 Å². The Hall–Kier alpha value is -3.22. The van der Waals surface area contributed by atoms with E-state index < -0.39 is 5.82 Å². The van der Waals surface area contributed by atoms with E-state index in [-0.39, 0.29) is 17.5 Å². The van der Waals surface area contributed by atoms with Crippen LogP contribution in [0.2, 0.25) is 0 Å². The quantitative estimate of drug-likeness (QED) is 0.757. The van der Waals surface area contributed by atoms with Crippen molar-refractivity contribution in [2.75, 3.05) is 5.73 Å². The summed E-state index contributed by atoms with van der Waals surface area (Å²) in [5, 5.41) is 7.15. The molecule has 0 bridgehead atoms. The van der Waals surface area contributed by atoms with Gasteiger partial charge >= 0.3 is 0 Å². The summed E-state index contributed by atoms with van der Waals surface area (Å²) in [5.74, 6) is -0.893. The van der Waals surface area contributed by atoms with Crippen LogP contribution in [0, 0.1) is 12.7 Å². The van der Waals surface area contributed by atoms with Crippen LogP contribution in [0.4, 0.5) is 10.1 Å². The minimum atomic E-state index is -0.517. The lowest BCUT2D eigenvalue weighted by Crippen LogP contribution is -2.26. The van der Waals surface area contributed by atoms with Crippen LogP contribution in [0.15, 0.2) is 43.0 Å². The van der Waals surface area contributed by atoms with Gasteiger partial charge in [-0.15, -0.1) is 0 Å². The van der Waals surface area contributed by atoms with Crippen LogP contribution >= 0.6 is 0 Å². The number of rotatable bonds is 4. The lowest BCUT2D eigenvalue weighted by Gasteiger charge is -2.09. The number of nitrogen functional groups attached to an aromatic ring is 1. The second-order valence-corrected chi connectivity index (χ2v) is 6.54. The Bertz CT molecular complexity index is 993. The Morgan fingerprint density at radius 3 is 2.81 bits per heavy atom. The molecule has 2 aromatic heterocycles. The van der Waals surface area contributed by atoms with E-state index in [9.17, 15) is 9.18 Å². The molecule has 1 fully saturated rings. The number of anilines is 1. The standard InChI is InChI=1S/C19H18FN5O/c1-11-4-18(20)17(19(26)24-14-2-3-14)6-16(11)12-7-23-25(10-12)15-5-13(21)8-22-9-15/h4-10,14H,2-3,21H2,1H3,(H,24,26). The lowest BCUT2D eigenvalue weighted by atomic mass is 9.99. The smallest absolute Gasteiger partial charge is 0.254 e. The average Bonchev–Trinajstić information content (AvgIpc) is 3.28. The summed E-state index contributed by atoms with van der Waals surface area (Å²) in [6.45, 7) is 1.81. The van der Waals surface area contributed by atoms with E-state index in [2.05, 4.69) is 15.4 Å². The predicted octanol–water partition coefficient (Wildman–Crippen LogP) is 2.86. The second kappa shape index (κ2) is 6.25. The number of halogens is 1. The largest absolute Gasteiger partial charge is 0.397 e. The second-order valence-electron chi connectivity index (χ2n) is 6.54. The van der Waals surface area contributed by atoms with Gasteiger partial charge in [-0.2, -0.15) is 5.10 Å². The number of pyridine rings is 1. The van der Waals surface area contributed by atoms with Gasteiger partial charge in [-0.05, 0) is 49.1 Å². The zero-order valence-corrected chi connectivity index (χ0v) is 14.2. The van der Waals surface area contributed by atoms with E-state index in [1.54, 1.807) is 48.5 Å². The number of amides is 1. The van der Waals surface area contributed by atoms with Crippen molar-refractivity contribution in [3.8, 4) is 16.8 Å². The molecule has 0 unspecified atom stereocenters. The van der Waals surface area contributed by atoms with E-state index in [0.717, 1.165) is 35.2 Å². The van der Waals surface area contributed by atoms with Gasteiger partial charge in [-0.1, -0.05) is 0 Å². The first kappa shape index (κ1) is 16.3. The first-order valence-electron chi connectivity index (χ1n) is 8.38. The summed E-state index contributed by atoms with van der Waals surface area (Å²) in [5.41, 5.74) is 9.35. The molecular formula is C19H18FN5O. The third-order valence-electron chi connectivity index (χ3n) is 4.37. The molecule has 1 amide bonds. The molecule has 1 aromatic carbocycles. The predicted molar refractivity (Wildman–Crippen MR) is 96.4 cm³/mol. The number of hydrogen-bond acceptors (Lipinski definition) is 4. The molecule has 1 saturated carbocycles. The molecule has 0 saturated heterocycles. The van der Waals surface area contributed by atoms with E-state index in [1.807, 2.05) is 0 Å². The lowest BCUT2D eigenvalue weighted by molar-refractivity contribution is 0.0947. The summed E-state index contributed by atoms with van der Waals surface area (Å²) in [4.78, 5) is 16.3. The summed E-state index contributed by atoms with van der Waals surface area (Å²) in [7, 11) is 0. The third kappa shape index (κ3) is 3.15. The van der Waals surface area contributed by atoms with Crippen molar-refractivity contribution in [2.45, 2.75) is 25.8 Å². The number of aromatic nitrogens is 3. The van der Waals surface area contributed by atoms with Gasteiger partial charge in [0.05, 0.1) is 29.3 Å². The number of aryl methyl sites for hydroxylation is 1. The molecule has 2 heterocycles. The molecule has 132 valence electrons. The SMILES string of the molecule is Cc1cc(F)c(C(=O)NC2CC2)cc1-c1cnn(-c2cncc(N)c2)c1. The van der Waals surface area contributed by atoms with Crippen molar-refractivity contribution >= 4 is 11.6 Å². The van der Waals surface area contributed by atoms with Crippen LogP contribution in [-0.2, 0) is 0 Å². The molecule has 3 aromatic rings. The van der Waals surface area contributed by atoms with Gasteiger partial charge in [0.25, 0.3) is 5.91 Å². The zero-order chi connectivity index (χ0) is 18.3. The number of nitrogens with one attached hydrogen (secondary N) is 1. The molecule has 1 aliphatic rings. The van der Waals surface area contributed by atoms with Crippen molar-refractivity contribution < 1.29 is 9.18 Å². The first-order valence-corrected chi connectivity index (χ1v) is 8.38. The first-order chi connectivity index (χ1) is 12.5. The van der Waals surface area contributed by atoms with Gasteiger partial charge in [0.1, 0.15) is 5.82 Å². The molecule has 0 aliphatic heterocycles. The van der Waals surface area contributed by atoms with Gasteiger partial charge in [-0.3, -0.25) is 9.78 Å². The van der Waals surface area contributed by atoms with Gasteiger partial charge in [0, 0.05) is 24.0 Å². The summed E-state index contributed by atoms with van der Waals surface area (Å²) >= 11 is 0. The van der Waals surface area contributed by atoms with E-state index in [0.29, 0.717) is 5.69 Å². The minimum Gasteiger partial charge on any atom is -0.397 e. The van der Waals surface area contributed by atoms with Crippen molar-refractivity contribution in [3.05, 3.63) is 59.9 Å². The maximum absolute atomic E-state index is 14.3. The van der Waals surface area contributed by atoms with Gasteiger partial charge in [0.2, 0.25) is 0 Å². The van der Waals surface area contributed by atoms with E-state index in [4.69, 9.17) is 5.73 Å². The Balaban J connectivity index is 1.70. The highest BCUT2D eigenvalue weighted by Crippen LogP contribution is 2.28. The monoisotopic (exact) mass is 351 g/mol. The minimum absolute atomic E-state index is 0.0517. The number of benzene rings is 1. The molecule has 0 atom stereocenters. The Kier molecular flexibility index (Phi) is 3.91. The number of carbonyl (C=O) groups is 1. The molecule has 6 nitrogen and oxygen atoms in total. The van der Waals surface area contributed by atoms with Crippen molar-refractivity contribution in [2.24, 2.45) is 0 Å². The molecule has 4 rings (SSSR count). The van der Waals surface area contributed by atoms with E-state index in [1.165, 1.54) is 6.07 Å². The van der Waals surface area contributed by atoms with Crippen molar-refractivity contribution in [1.82, 2.24) is 20.1 Å². The highest BCUT2D eigenvalue weighted by atomic mass is 19.1. The fourth-order valence-electron chi connectivity index (χ4n) is 2.82. The number of carbonyl (C=O) groups excluding carboxylic acids is 1. The van der Waals surface area contributed by atoms with Gasteiger partial charge in [-0.25, -0.2) is 9.07 Å².